The van der Waals surface area contributed by atoms with E-state index < -0.39 is 0 Å². The molecule has 0 spiro atoms. The van der Waals surface area contributed by atoms with Crippen LogP contribution in [0.5, 0.6) is 23.1 Å². The van der Waals surface area contributed by atoms with Crippen LogP contribution in [-0.4, -0.2) is 9.97 Å². The first-order valence-corrected chi connectivity index (χ1v) is 10.8. The fraction of sp³-hybridized carbons (Fsp3) is 0.0714. The summed E-state index contributed by atoms with van der Waals surface area (Å²) in [4.78, 5) is 8.29. The van der Waals surface area contributed by atoms with Gasteiger partial charge in [-0.25, -0.2) is 9.97 Å². The molecular formula is C28H26N4O2. The summed E-state index contributed by atoms with van der Waals surface area (Å²) in [5.74, 6) is 3.35. The first-order valence-electron chi connectivity index (χ1n) is 10.8. The summed E-state index contributed by atoms with van der Waals surface area (Å²) in [6.07, 6.45) is 2.12. The van der Waals surface area contributed by atoms with Crippen molar-refractivity contribution in [2.24, 2.45) is 0 Å². The summed E-state index contributed by atoms with van der Waals surface area (Å²) in [5, 5.41) is 6.39. The van der Waals surface area contributed by atoms with Gasteiger partial charge in [-0.2, -0.15) is 0 Å². The van der Waals surface area contributed by atoms with Gasteiger partial charge in [-0.3, -0.25) is 0 Å². The number of para-hydroxylation sites is 1. The Morgan fingerprint density at radius 2 is 1.50 bits per heavy atom. The number of ether oxygens (including phenoxy) is 2. The van der Waals surface area contributed by atoms with E-state index in [4.69, 9.17) is 9.47 Å². The van der Waals surface area contributed by atoms with Crippen LogP contribution in [0, 0.1) is 0 Å². The van der Waals surface area contributed by atoms with E-state index in [0.717, 1.165) is 34.1 Å². The van der Waals surface area contributed by atoms with E-state index in [-0.39, 0.29) is 0 Å². The summed E-state index contributed by atoms with van der Waals surface area (Å²) < 4.78 is 11.8. The minimum atomic E-state index is 0.446. The third-order valence-electron chi connectivity index (χ3n) is 4.68. The average molecular weight is 451 g/mol. The minimum absolute atomic E-state index is 0.446. The van der Waals surface area contributed by atoms with Gasteiger partial charge in [0, 0.05) is 29.6 Å². The van der Waals surface area contributed by atoms with Crippen molar-refractivity contribution in [2.45, 2.75) is 13.3 Å². The van der Waals surface area contributed by atoms with Crippen LogP contribution in [0.3, 0.4) is 0 Å². The van der Waals surface area contributed by atoms with Crippen LogP contribution in [0.25, 0.3) is 0 Å². The Kier molecular flexibility index (Phi) is 7.20. The second kappa shape index (κ2) is 10.8. The second-order valence-corrected chi connectivity index (χ2v) is 7.74. The number of hydrogen-bond donors (Lipinski definition) is 2. The highest BCUT2D eigenvalue weighted by Gasteiger charge is 2.05. The highest BCUT2D eigenvalue weighted by molar-refractivity contribution is 5.51. The number of allylic oxidation sites excluding steroid dienone is 2. The van der Waals surface area contributed by atoms with Gasteiger partial charge in [0.15, 0.2) is 0 Å². The van der Waals surface area contributed by atoms with Crippen molar-refractivity contribution in [3.8, 4) is 23.1 Å². The van der Waals surface area contributed by atoms with Crippen molar-refractivity contribution < 1.29 is 9.47 Å². The molecular weight excluding hydrogens is 424 g/mol. The summed E-state index contributed by atoms with van der Waals surface area (Å²) in [6, 6.07) is 27.1. The normalized spacial score (nSPS) is 10.3. The van der Waals surface area contributed by atoms with Gasteiger partial charge in [0.1, 0.15) is 29.4 Å². The Labute approximate surface area is 199 Å². The van der Waals surface area contributed by atoms with Gasteiger partial charge in [0.25, 0.3) is 0 Å². The molecule has 4 rings (SSSR count). The maximum atomic E-state index is 5.93. The fourth-order valence-corrected chi connectivity index (χ4v) is 3.25. The molecule has 34 heavy (non-hydrogen) atoms. The first kappa shape index (κ1) is 22.6. The van der Waals surface area contributed by atoms with Crippen molar-refractivity contribution in [1.29, 1.82) is 0 Å². The molecule has 0 fully saturated rings. The SMILES string of the molecule is C=C(C)Nc1cc(Oc2ccc(NC(=C)Cc3cccc(Oc4ccccc4)c3)cc2)ncn1. The Morgan fingerprint density at radius 1 is 0.765 bits per heavy atom. The Hall–Kier alpha value is -4.58. The number of nitrogens with one attached hydrogen (secondary N) is 2. The van der Waals surface area contributed by atoms with E-state index in [9.17, 15) is 0 Å². The minimum Gasteiger partial charge on any atom is -0.457 e. The lowest BCUT2D eigenvalue weighted by molar-refractivity contribution is 0.462. The van der Waals surface area contributed by atoms with Crippen molar-refractivity contribution in [3.05, 3.63) is 121 Å². The lowest BCUT2D eigenvalue weighted by Gasteiger charge is -2.12. The van der Waals surface area contributed by atoms with Gasteiger partial charge < -0.3 is 20.1 Å². The van der Waals surface area contributed by atoms with E-state index in [1.165, 1.54) is 6.33 Å². The van der Waals surface area contributed by atoms with Crippen molar-refractivity contribution in [2.75, 3.05) is 10.6 Å². The molecule has 0 aliphatic carbocycles. The number of hydrogen-bond acceptors (Lipinski definition) is 6. The van der Waals surface area contributed by atoms with E-state index in [2.05, 4.69) is 39.8 Å². The standard InChI is InChI=1S/C28H26N4O2/c1-20(2)31-27-18-28(30-19-29-27)34-25-14-12-23(13-15-25)32-21(3)16-22-8-7-11-26(17-22)33-24-9-5-4-6-10-24/h4-15,17-19,32H,1,3,16H2,2H3,(H,29,30,31). The molecule has 1 heterocycles. The van der Waals surface area contributed by atoms with Gasteiger partial charge in [-0.1, -0.05) is 43.5 Å². The van der Waals surface area contributed by atoms with Crippen LogP contribution in [0.1, 0.15) is 12.5 Å². The molecule has 0 amide bonds. The van der Waals surface area contributed by atoms with Crippen LogP contribution in [0.2, 0.25) is 0 Å². The average Bonchev–Trinajstić information content (AvgIpc) is 2.81. The molecule has 170 valence electrons. The number of benzene rings is 3. The van der Waals surface area contributed by atoms with Gasteiger partial charge >= 0.3 is 0 Å². The lowest BCUT2D eigenvalue weighted by Crippen LogP contribution is -2.02. The van der Waals surface area contributed by atoms with Crippen LogP contribution in [0.15, 0.2) is 116 Å². The fourth-order valence-electron chi connectivity index (χ4n) is 3.25. The summed E-state index contributed by atoms with van der Waals surface area (Å²) in [7, 11) is 0. The van der Waals surface area contributed by atoms with Crippen molar-refractivity contribution >= 4 is 11.5 Å². The molecule has 0 atom stereocenters. The molecule has 2 N–H and O–H groups in total. The first-order chi connectivity index (χ1) is 16.5. The third-order valence-corrected chi connectivity index (χ3v) is 4.68. The number of rotatable bonds is 10. The Bertz CT molecular complexity index is 1270. The molecule has 1 aromatic heterocycles. The van der Waals surface area contributed by atoms with Crippen molar-refractivity contribution in [1.82, 2.24) is 9.97 Å². The third kappa shape index (κ3) is 6.71. The maximum absolute atomic E-state index is 5.93. The largest absolute Gasteiger partial charge is 0.457 e. The van der Waals surface area contributed by atoms with Gasteiger partial charge in [0.05, 0.1) is 0 Å². The summed E-state index contributed by atoms with van der Waals surface area (Å²) in [5.41, 5.74) is 3.68. The number of aromatic nitrogens is 2. The molecule has 0 saturated heterocycles. The number of nitrogens with zero attached hydrogens (tertiary/aromatic N) is 2. The topological polar surface area (TPSA) is 68.3 Å². The monoisotopic (exact) mass is 450 g/mol. The summed E-state index contributed by atoms with van der Waals surface area (Å²) >= 11 is 0. The van der Waals surface area contributed by atoms with Crippen LogP contribution < -0.4 is 20.1 Å². The van der Waals surface area contributed by atoms with Crippen LogP contribution in [-0.2, 0) is 6.42 Å². The van der Waals surface area contributed by atoms with Crippen molar-refractivity contribution in [3.63, 3.8) is 0 Å². The van der Waals surface area contributed by atoms with Gasteiger partial charge in [-0.15, -0.1) is 0 Å². The predicted molar refractivity (Wildman–Crippen MR) is 136 cm³/mol. The lowest BCUT2D eigenvalue weighted by atomic mass is 10.1. The van der Waals surface area contributed by atoms with E-state index in [1.54, 1.807) is 6.07 Å². The smallest absolute Gasteiger partial charge is 0.224 e. The molecule has 6 nitrogen and oxygen atoms in total. The molecule has 0 aliphatic heterocycles. The quantitative estimate of drug-likeness (QED) is 0.267. The summed E-state index contributed by atoms with van der Waals surface area (Å²) in [6.45, 7) is 9.84. The second-order valence-electron chi connectivity index (χ2n) is 7.74. The van der Waals surface area contributed by atoms with E-state index >= 15 is 0 Å². The van der Waals surface area contributed by atoms with Gasteiger partial charge in [0.2, 0.25) is 5.88 Å². The maximum Gasteiger partial charge on any atom is 0.224 e. The molecule has 0 bridgehead atoms. The number of anilines is 2. The van der Waals surface area contributed by atoms with E-state index in [1.807, 2.05) is 79.7 Å². The molecule has 0 unspecified atom stereocenters. The molecule has 0 saturated carbocycles. The molecule has 0 radical (unpaired) electrons. The zero-order valence-corrected chi connectivity index (χ0v) is 19.0. The highest BCUT2D eigenvalue weighted by atomic mass is 16.5. The molecule has 0 aliphatic rings. The molecule has 4 aromatic rings. The Balaban J connectivity index is 1.33. The molecule has 3 aromatic carbocycles. The van der Waals surface area contributed by atoms with E-state index in [0.29, 0.717) is 23.9 Å². The van der Waals surface area contributed by atoms with Crippen LogP contribution >= 0.6 is 0 Å². The highest BCUT2D eigenvalue weighted by Crippen LogP contribution is 2.25. The van der Waals surface area contributed by atoms with Crippen LogP contribution in [0.4, 0.5) is 11.5 Å². The van der Waals surface area contributed by atoms with Gasteiger partial charge in [-0.05, 0) is 61.0 Å². The predicted octanol–water partition coefficient (Wildman–Crippen LogP) is 7.18. The zero-order chi connectivity index (χ0) is 23.8. The zero-order valence-electron chi connectivity index (χ0n) is 19.0. The molecule has 6 heteroatoms. The Morgan fingerprint density at radius 3 is 2.26 bits per heavy atom.